The van der Waals surface area contributed by atoms with E-state index in [1.54, 1.807) is 36.9 Å². The van der Waals surface area contributed by atoms with Crippen molar-refractivity contribution in [2.24, 2.45) is 0 Å². The molecule has 3 N–H and O–H groups in total. The summed E-state index contributed by atoms with van der Waals surface area (Å²) in [6.45, 7) is 3.68. The number of aryl methyl sites for hydroxylation is 2. The molecule has 3 amide bonds. The highest BCUT2D eigenvalue weighted by Crippen LogP contribution is 2.29. The number of aromatic amines is 1. The number of benzene rings is 2. The van der Waals surface area contributed by atoms with Gasteiger partial charge in [-0.15, -0.1) is 0 Å². The number of rotatable bonds is 4. The molecule has 1 aromatic heterocycles. The fraction of sp³-hybridized carbons (Fsp3) is 0.387. The van der Waals surface area contributed by atoms with E-state index in [0.717, 1.165) is 5.56 Å². The van der Waals surface area contributed by atoms with Crippen LogP contribution < -0.4 is 30.5 Å². The lowest BCUT2D eigenvalue weighted by Gasteiger charge is -2.39. The molecule has 5 rings (SSSR count). The Morgan fingerprint density at radius 2 is 1.98 bits per heavy atom. The molecule has 0 aliphatic carbocycles. The van der Waals surface area contributed by atoms with E-state index in [2.05, 4.69) is 20.6 Å². The molecule has 1 fully saturated rings. The molecule has 3 aromatic rings. The van der Waals surface area contributed by atoms with E-state index in [4.69, 9.17) is 14.2 Å². The second-order valence-electron chi connectivity index (χ2n) is 10.8. The number of H-pyrrole nitrogens is 1. The maximum Gasteiger partial charge on any atom is 0.345 e. The lowest BCUT2D eigenvalue weighted by molar-refractivity contribution is -0.135. The van der Waals surface area contributed by atoms with Crippen LogP contribution in [0.5, 0.6) is 17.2 Å². The van der Waals surface area contributed by atoms with Gasteiger partial charge in [0.15, 0.2) is 18.1 Å². The number of carbonyl (C=O) groups is 3. The number of hydrogen-bond acceptors (Lipinski definition) is 8. The summed E-state index contributed by atoms with van der Waals surface area (Å²) >= 11 is 0. The van der Waals surface area contributed by atoms with Gasteiger partial charge in [0.1, 0.15) is 17.7 Å². The van der Waals surface area contributed by atoms with Gasteiger partial charge in [-0.3, -0.25) is 14.4 Å². The van der Waals surface area contributed by atoms with E-state index in [1.165, 1.54) is 25.3 Å². The number of amides is 3. The minimum atomic E-state index is -0.630. The number of carbonyl (C=O) groups excluding carboxylic acids is 3. The summed E-state index contributed by atoms with van der Waals surface area (Å²) in [7, 11) is 1.45. The van der Waals surface area contributed by atoms with Crippen LogP contribution in [0.1, 0.15) is 45.7 Å². The van der Waals surface area contributed by atoms with Crippen molar-refractivity contribution in [1.82, 2.24) is 25.5 Å². The molecule has 3 heterocycles. The molecule has 0 spiro atoms. The van der Waals surface area contributed by atoms with Crippen molar-refractivity contribution in [3.05, 3.63) is 80.8 Å². The normalized spacial score (nSPS) is 18.7. The number of aromatic nitrogens is 2. The van der Waals surface area contributed by atoms with Crippen molar-refractivity contribution < 1.29 is 33.0 Å². The van der Waals surface area contributed by atoms with E-state index < -0.39 is 35.5 Å². The first-order valence-electron chi connectivity index (χ1n) is 14.3. The number of fused-ring (bicyclic) bond motifs is 5. The lowest BCUT2D eigenvalue weighted by Crippen LogP contribution is -2.58. The Morgan fingerprint density at radius 3 is 2.75 bits per heavy atom. The minimum Gasteiger partial charge on any atom is -0.493 e. The van der Waals surface area contributed by atoms with Crippen molar-refractivity contribution in [2.45, 2.75) is 51.8 Å². The molecule has 2 atom stereocenters. The van der Waals surface area contributed by atoms with Gasteiger partial charge in [0, 0.05) is 55.5 Å². The molecular weight excluding hydrogens is 573 g/mol. The van der Waals surface area contributed by atoms with Gasteiger partial charge >= 0.3 is 5.69 Å². The molecule has 2 aromatic carbocycles. The molecule has 0 saturated carbocycles. The Hall–Kier alpha value is -4.94. The van der Waals surface area contributed by atoms with Gasteiger partial charge < -0.3 is 34.7 Å². The molecule has 4 bridgehead atoms. The average molecular weight is 608 g/mol. The summed E-state index contributed by atoms with van der Waals surface area (Å²) < 4.78 is 31.8. The molecular formula is C31H34FN5O7. The topological polar surface area (TPSA) is 152 Å². The van der Waals surface area contributed by atoms with Gasteiger partial charge in [-0.2, -0.15) is 4.98 Å². The Kier molecular flexibility index (Phi) is 9.12. The van der Waals surface area contributed by atoms with Crippen LogP contribution in [-0.2, 0) is 22.6 Å². The number of hydrogen-bond donors (Lipinski definition) is 3. The predicted octanol–water partition coefficient (Wildman–Crippen LogP) is 1.95. The van der Waals surface area contributed by atoms with Crippen molar-refractivity contribution in [2.75, 3.05) is 26.8 Å². The molecule has 0 unspecified atom stereocenters. The number of nitrogens with zero attached hydrogens (tertiary/aromatic N) is 2. The van der Waals surface area contributed by atoms with E-state index in [-0.39, 0.29) is 49.1 Å². The minimum absolute atomic E-state index is 0.0477. The zero-order chi connectivity index (χ0) is 31.4. The maximum atomic E-state index is 14.6. The Balaban J connectivity index is 1.37. The van der Waals surface area contributed by atoms with Crippen LogP contribution in [0, 0.1) is 19.7 Å². The number of piperidine rings is 1. The zero-order valence-electron chi connectivity index (χ0n) is 24.7. The SMILES string of the molecule is COc1ccc2cc1OCC(=O)N[C@@H]1CN(C(=O)CCc3c(C)nc(=O)[nH]c3C)CC[C@@H]1Oc1cc(F)cc(c1)CNC2=O. The summed E-state index contributed by atoms with van der Waals surface area (Å²) in [5, 5.41) is 5.68. The number of nitrogens with one attached hydrogen (secondary N) is 3. The molecule has 13 heteroatoms. The molecule has 44 heavy (non-hydrogen) atoms. The summed E-state index contributed by atoms with van der Waals surface area (Å²) in [5.41, 5.74) is 2.38. The van der Waals surface area contributed by atoms with Gasteiger partial charge in [0.05, 0.1) is 13.2 Å². The Bertz CT molecular complexity index is 1620. The van der Waals surface area contributed by atoms with Crippen molar-refractivity contribution >= 4 is 17.7 Å². The van der Waals surface area contributed by atoms with E-state index >= 15 is 0 Å². The van der Waals surface area contributed by atoms with Gasteiger partial charge in [-0.25, -0.2) is 9.18 Å². The van der Waals surface area contributed by atoms with Crippen LogP contribution in [0.15, 0.2) is 41.2 Å². The molecule has 0 radical (unpaired) electrons. The smallest absolute Gasteiger partial charge is 0.345 e. The highest BCUT2D eigenvalue weighted by Gasteiger charge is 2.34. The van der Waals surface area contributed by atoms with Gasteiger partial charge in [0.2, 0.25) is 5.91 Å². The highest BCUT2D eigenvalue weighted by atomic mass is 19.1. The van der Waals surface area contributed by atoms with E-state index in [9.17, 15) is 23.6 Å². The summed E-state index contributed by atoms with van der Waals surface area (Å²) in [4.78, 5) is 59.1. The average Bonchev–Trinajstić information content (AvgIpc) is 2.98. The van der Waals surface area contributed by atoms with Gasteiger partial charge in [-0.05, 0) is 61.7 Å². The standard InChI is InChI=1S/C31H34FN5O7/c1-17-23(18(2)35-31(41)34-17)5-7-29(39)37-9-8-25-24(15-37)36-28(38)16-43-27-12-20(4-6-26(27)42-3)30(40)33-14-19-10-21(32)13-22(11-19)44-25/h4,6,10-13,24-25H,5,7-9,14-16H2,1-3H3,(H,33,40)(H,36,38)(H,34,35,41)/t24-,25+/m1/s1. The Morgan fingerprint density at radius 1 is 1.16 bits per heavy atom. The fourth-order valence-electron chi connectivity index (χ4n) is 5.52. The van der Waals surface area contributed by atoms with Gasteiger partial charge in [0.25, 0.3) is 11.8 Å². The quantitative estimate of drug-likeness (QED) is 0.407. The third-order valence-corrected chi connectivity index (χ3v) is 7.75. The number of ether oxygens (including phenoxy) is 3. The Labute approximate surface area is 252 Å². The van der Waals surface area contributed by atoms with Gasteiger partial charge in [-0.1, -0.05) is 0 Å². The van der Waals surface area contributed by atoms with Crippen LogP contribution in [0.3, 0.4) is 0 Å². The van der Waals surface area contributed by atoms with E-state index in [0.29, 0.717) is 42.1 Å². The first-order chi connectivity index (χ1) is 21.1. The zero-order valence-corrected chi connectivity index (χ0v) is 24.7. The van der Waals surface area contributed by atoms with Crippen molar-refractivity contribution in [3.63, 3.8) is 0 Å². The molecule has 232 valence electrons. The largest absolute Gasteiger partial charge is 0.493 e. The molecule has 1 saturated heterocycles. The van der Waals surface area contributed by atoms with Crippen molar-refractivity contribution in [1.29, 1.82) is 0 Å². The predicted molar refractivity (Wildman–Crippen MR) is 156 cm³/mol. The first-order valence-corrected chi connectivity index (χ1v) is 14.3. The monoisotopic (exact) mass is 607 g/mol. The maximum absolute atomic E-state index is 14.6. The number of methoxy groups -OCH3 is 1. The lowest BCUT2D eigenvalue weighted by atomic mass is 10.00. The van der Waals surface area contributed by atoms with Crippen LogP contribution in [0.25, 0.3) is 0 Å². The summed E-state index contributed by atoms with van der Waals surface area (Å²) in [5.74, 6) is -0.785. The summed E-state index contributed by atoms with van der Waals surface area (Å²) in [6.07, 6.45) is 0.366. The summed E-state index contributed by atoms with van der Waals surface area (Å²) in [6, 6.07) is 8.14. The second-order valence-corrected chi connectivity index (χ2v) is 10.8. The number of likely N-dealkylation sites (tertiary alicyclic amines) is 1. The van der Waals surface area contributed by atoms with Crippen LogP contribution in [-0.4, -0.2) is 71.5 Å². The van der Waals surface area contributed by atoms with Crippen molar-refractivity contribution in [3.8, 4) is 17.2 Å². The van der Waals surface area contributed by atoms with Crippen LogP contribution >= 0.6 is 0 Å². The van der Waals surface area contributed by atoms with Crippen LogP contribution in [0.4, 0.5) is 4.39 Å². The molecule has 2 aliphatic rings. The number of halogens is 1. The molecule has 12 nitrogen and oxygen atoms in total. The highest BCUT2D eigenvalue weighted by molar-refractivity contribution is 5.95. The fourth-order valence-corrected chi connectivity index (χ4v) is 5.52. The second kappa shape index (κ2) is 13.1. The molecule has 2 aliphatic heterocycles. The third-order valence-electron chi connectivity index (χ3n) is 7.75. The van der Waals surface area contributed by atoms with Crippen LogP contribution in [0.2, 0.25) is 0 Å². The van der Waals surface area contributed by atoms with E-state index in [1.807, 2.05) is 0 Å². The third kappa shape index (κ3) is 7.16. The first kappa shape index (κ1) is 30.5.